The maximum absolute atomic E-state index is 3.82. The summed E-state index contributed by atoms with van der Waals surface area (Å²) >= 11 is 0. The van der Waals surface area contributed by atoms with Crippen molar-refractivity contribution in [2.45, 2.75) is 79.3 Å². The van der Waals surface area contributed by atoms with Gasteiger partial charge in [-0.2, -0.15) is 0 Å². The molecule has 2 atom stereocenters. The Kier molecular flexibility index (Phi) is 4.86. The van der Waals surface area contributed by atoms with Gasteiger partial charge in [-0.1, -0.05) is 48.0 Å². The molecular weight excluding hydrogens is 244 g/mol. The van der Waals surface area contributed by atoms with Gasteiger partial charge in [-0.3, -0.25) is 4.90 Å². The van der Waals surface area contributed by atoms with Crippen LogP contribution in [0.25, 0.3) is 0 Å². The Morgan fingerprint density at radius 1 is 1.25 bits per heavy atom. The lowest BCUT2D eigenvalue weighted by molar-refractivity contribution is 0.0454. The molecule has 118 valence electrons. The molecular formula is C18H36N2. The molecule has 1 heterocycles. The third-order valence-electron chi connectivity index (χ3n) is 5.55. The van der Waals surface area contributed by atoms with E-state index in [4.69, 9.17) is 0 Å². The van der Waals surface area contributed by atoms with Crippen molar-refractivity contribution in [2.24, 2.45) is 16.7 Å². The highest BCUT2D eigenvalue weighted by Gasteiger charge is 2.45. The summed E-state index contributed by atoms with van der Waals surface area (Å²) in [6, 6.07) is 1.36. The molecule has 0 aromatic heterocycles. The van der Waals surface area contributed by atoms with Crippen molar-refractivity contribution in [3.8, 4) is 0 Å². The Balaban J connectivity index is 2.03. The summed E-state index contributed by atoms with van der Waals surface area (Å²) in [4.78, 5) is 2.83. The van der Waals surface area contributed by atoms with Crippen LogP contribution in [0.15, 0.2) is 0 Å². The van der Waals surface area contributed by atoms with Gasteiger partial charge in [-0.05, 0) is 36.0 Å². The molecule has 2 heteroatoms. The normalized spacial score (nSPS) is 30.8. The zero-order valence-electron chi connectivity index (χ0n) is 14.6. The van der Waals surface area contributed by atoms with Crippen LogP contribution in [0.2, 0.25) is 0 Å². The summed E-state index contributed by atoms with van der Waals surface area (Å²) < 4.78 is 0. The summed E-state index contributed by atoms with van der Waals surface area (Å²) in [5.74, 6) is 0.751. The van der Waals surface area contributed by atoms with Gasteiger partial charge < -0.3 is 5.32 Å². The Morgan fingerprint density at radius 3 is 2.35 bits per heavy atom. The number of hydrogen-bond acceptors (Lipinski definition) is 2. The van der Waals surface area contributed by atoms with Gasteiger partial charge in [0.1, 0.15) is 0 Å². The van der Waals surface area contributed by atoms with E-state index in [0.717, 1.165) is 12.0 Å². The topological polar surface area (TPSA) is 15.3 Å². The molecule has 2 fully saturated rings. The fraction of sp³-hybridized carbons (Fsp3) is 1.00. The average molecular weight is 281 g/mol. The van der Waals surface area contributed by atoms with Crippen LogP contribution in [0.4, 0.5) is 0 Å². The largest absolute Gasteiger partial charge is 0.311 e. The monoisotopic (exact) mass is 280 g/mol. The van der Waals surface area contributed by atoms with E-state index in [1.54, 1.807) is 0 Å². The molecule has 1 saturated heterocycles. The molecule has 1 saturated carbocycles. The molecule has 20 heavy (non-hydrogen) atoms. The fourth-order valence-corrected chi connectivity index (χ4v) is 3.87. The van der Waals surface area contributed by atoms with Gasteiger partial charge in [0.05, 0.1) is 0 Å². The van der Waals surface area contributed by atoms with Crippen LogP contribution in [0.5, 0.6) is 0 Å². The standard InChI is InChI=1S/C18H36N2/c1-7-8-18(9-10-18)13-20-12-16(17(4,5)6)19-11-15(20)14(2)3/h14-16,19H,7-13H2,1-6H3. The number of nitrogens with zero attached hydrogens (tertiary/aromatic N) is 1. The second kappa shape index (κ2) is 5.96. The highest BCUT2D eigenvalue weighted by atomic mass is 15.2. The van der Waals surface area contributed by atoms with Crippen LogP contribution in [0.3, 0.4) is 0 Å². The van der Waals surface area contributed by atoms with Crippen LogP contribution >= 0.6 is 0 Å². The number of rotatable bonds is 5. The molecule has 0 radical (unpaired) electrons. The maximum Gasteiger partial charge on any atom is 0.0244 e. The first-order valence-corrected chi connectivity index (χ1v) is 8.75. The quantitative estimate of drug-likeness (QED) is 0.821. The van der Waals surface area contributed by atoms with Gasteiger partial charge in [0.2, 0.25) is 0 Å². The molecule has 0 aromatic rings. The van der Waals surface area contributed by atoms with Gasteiger partial charge in [-0.25, -0.2) is 0 Å². The molecule has 0 spiro atoms. The maximum atomic E-state index is 3.82. The molecule has 1 aliphatic heterocycles. The lowest BCUT2D eigenvalue weighted by Gasteiger charge is -2.47. The smallest absolute Gasteiger partial charge is 0.0244 e. The van der Waals surface area contributed by atoms with E-state index in [1.165, 1.54) is 45.3 Å². The van der Waals surface area contributed by atoms with Crippen LogP contribution in [0.1, 0.15) is 67.2 Å². The minimum absolute atomic E-state index is 0.363. The Morgan fingerprint density at radius 2 is 1.90 bits per heavy atom. The van der Waals surface area contributed by atoms with Crippen LogP contribution in [0, 0.1) is 16.7 Å². The lowest BCUT2D eigenvalue weighted by atomic mass is 9.83. The van der Waals surface area contributed by atoms with Crippen molar-refractivity contribution in [3.63, 3.8) is 0 Å². The molecule has 0 aromatic carbocycles. The second-order valence-electron chi connectivity index (χ2n) is 8.82. The SMILES string of the molecule is CCCC1(CN2CC(C(C)(C)C)NCC2C(C)C)CC1. The van der Waals surface area contributed by atoms with E-state index in [1.807, 2.05) is 0 Å². The van der Waals surface area contributed by atoms with Gasteiger partial charge in [0, 0.05) is 31.7 Å². The zero-order chi connectivity index (χ0) is 15.0. The molecule has 2 rings (SSSR count). The van der Waals surface area contributed by atoms with Crippen LogP contribution in [-0.4, -0.2) is 36.6 Å². The van der Waals surface area contributed by atoms with Crippen molar-refractivity contribution in [1.82, 2.24) is 10.2 Å². The van der Waals surface area contributed by atoms with E-state index in [9.17, 15) is 0 Å². The molecule has 1 aliphatic carbocycles. The molecule has 0 bridgehead atoms. The van der Waals surface area contributed by atoms with Crippen molar-refractivity contribution in [1.29, 1.82) is 0 Å². The zero-order valence-corrected chi connectivity index (χ0v) is 14.6. The molecule has 2 aliphatic rings. The van der Waals surface area contributed by atoms with Crippen molar-refractivity contribution < 1.29 is 0 Å². The number of nitrogens with one attached hydrogen (secondary N) is 1. The minimum atomic E-state index is 0.363. The van der Waals surface area contributed by atoms with Crippen molar-refractivity contribution >= 4 is 0 Å². The lowest BCUT2D eigenvalue weighted by Crippen LogP contribution is -2.62. The molecule has 2 nitrogen and oxygen atoms in total. The minimum Gasteiger partial charge on any atom is -0.311 e. The first kappa shape index (κ1) is 16.3. The van der Waals surface area contributed by atoms with Gasteiger partial charge >= 0.3 is 0 Å². The van der Waals surface area contributed by atoms with Gasteiger partial charge in [0.25, 0.3) is 0 Å². The highest BCUT2D eigenvalue weighted by molar-refractivity contribution is 5.00. The second-order valence-corrected chi connectivity index (χ2v) is 8.82. The Bertz CT molecular complexity index is 312. The van der Waals surface area contributed by atoms with Crippen molar-refractivity contribution in [2.75, 3.05) is 19.6 Å². The van der Waals surface area contributed by atoms with E-state index in [2.05, 4.69) is 51.8 Å². The fourth-order valence-electron chi connectivity index (χ4n) is 3.87. The number of hydrogen-bond donors (Lipinski definition) is 1. The highest BCUT2D eigenvalue weighted by Crippen LogP contribution is 2.50. The summed E-state index contributed by atoms with van der Waals surface area (Å²) in [5, 5.41) is 3.82. The van der Waals surface area contributed by atoms with Crippen LogP contribution in [-0.2, 0) is 0 Å². The van der Waals surface area contributed by atoms with Crippen LogP contribution < -0.4 is 5.32 Å². The molecule has 2 unspecified atom stereocenters. The van der Waals surface area contributed by atoms with E-state index < -0.39 is 0 Å². The van der Waals surface area contributed by atoms with Gasteiger partial charge in [0.15, 0.2) is 0 Å². The first-order chi connectivity index (χ1) is 9.27. The molecule has 1 N–H and O–H groups in total. The third kappa shape index (κ3) is 3.76. The number of piperazine rings is 1. The summed E-state index contributed by atoms with van der Waals surface area (Å²) in [5.41, 5.74) is 1.04. The first-order valence-electron chi connectivity index (χ1n) is 8.75. The summed E-state index contributed by atoms with van der Waals surface area (Å²) in [7, 11) is 0. The van der Waals surface area contributed by atoms with E-state index >= 15 is 0 Å². The predicted octanol–water partition coefficient (Wildman–Crippen LogP) is 3.91. The summed E-state index contributed by atoms with van der Waals surface area (Å²) in [6.07, 6.45) is 5.72. The predicted molar refractivity (Wildman–Crippen MR) is 88.0 cm³/mol. The van der Waals surface area contributed by atoms with E-state index in [-0.39, 0.29) is 0 Å². The average Bonchev–Trinajstić information content (AvgIpc) is 3.07. The summed E-state index contributed by atoms with van der Waals surface area (Å²) in [6.45, 7) is 18.0. The van der Waals surface area contributed by atoms with E-state index in [0.29, 0.717) is 16.9 Å². The third-order valence-corrected chi connectivity index (χ3v) is 5.55. The Hall–Kier alpha value is -0.0800. The molecule has 0 amide bonds. The van der Waals surface area contributed by atoms with Gasteiger partial charge in [-0.15, -0.1) is 0 Å². The Labute approximate surface area is 126 Å². The van der Waals surface area contributed by atoms with Crippen molar-refractivity contribution in [3.05, 3.63) is 0 Å².